The Labute approximate surface area is 134 Å². The van der Waals surface area contributed by atoms with Crippen LogP contribution in [0.1, 0.15) is 24.2 Å². The molecule has 0 atom stereocenters. The van der Waals surface area contributed by atoms with Crippen molar-refractivity contribution < 1.29 is 4.79 Å². The maximum absolute atomic E-state index is 12.2. The van der Waals surface area contributed by atoms with Gasteiger partial charge in [0.1, 0.15) is 5.82 Å². The van der Waals surface area contributed by atoms with Gasteiger partial charge in [0.2, 0.25) is 5.91 Å². The largest absolute Gasteiger partial charge is 0.342 e. The smallest absolute Gasteiger partial charge is 0.233 e. The molecule has 5 nitrogen and oxygen atoms in total. The normalized spacial score (nSPS) is 14.5. The Morgan fingerprint density at radius 2 is 2.00 bits per heavy atom. The number of likely N-dealkylation sites (tertiary alicyclic amines) is 1. The number of rotatable bonds is 4. The van der Waals surface area contributed by atoms with Gasteiger partial charge < -0.3 is 4.90 Å². The van der Waals surface area contributed by atoms with Crippen LogP contribution in [0, 0.1) is 13.8 Å². The first-order valence-corrected chi connectivity index (χ1v) is 8.53. The molecular weight excluding hydrogens is 296 g/mol. The van der Waals surface area contributed by atoms with E-state index >= 15 is 0 Å². The Balaban J connectivity index is 1.76. The molecule has 1 fully saturated rings. The highest BCUT2D eigenvalue weighted by atomic mass is 32.2. The van der Waals surface area contributed by atoms with Gasteiger partial charge in [0.05, 0.1) is 5.75 Å². The van der Waals surface area contributed by atoms with Crippen molar-refractivity contribution in [2.24, 2.45) is 0 Å². The van der Waals surface area contributed by atoms with Gasteiger partial charge in [0.25, 0.3) is 0 Å². The molecule has 6 heteroatoms. The number of hydrogen-bond acceptors (Lipinski definition) is 4. The minimum atomic E-state index is 0.193. The van der Waals surface area contributed by atoms with Crippen molar-refractivity contribution in [1.82, 2.24) is 19.7 Å². The van der Waals surface area contributed by atoms with Gasteiger partial charge in [0.15, 0.2) is 5.16 Å². The number of amides is 1. The standard InChI is InChI=1S/C16H20N4OS/c1-12-6-5-7-14(10-12)20-13(2)17-18-16(20)22-11-15(21)19-8-3-4-9-19/h5-7,10H,3-4,8-9,11H2,1-2H3. The van der Waals surface area contributed by atoms with Gasteiger partial charge in [-0.05, 0) is 44.4 Å². The number of carbonyl (C=O) groups is 1. The summed E-state index contributed by atoms with van der Waals surface area (Å²) in [6.07, 6.45) is 2.24. The molecule has 0 unspecified atom stereocenters. The maximum Gasteiger partial charge on any atom is 0.233 e. The number of thioether (sulfide) groups is 1. The van der Waals surface area contributed by atoms with Crippen molar-refractivity contribution >= 4 is 17.7 Å². The van der Waals surface area contributed by atoms with E-state index < -0.39 is 0 Å². The van der Waals surface area contributed by atoms with Crippen LogP contribution in [0.3, 0.4) is 0 Å². The van der Waals surface area contributed by atoms with Crippen molar-refractivity contribution in [2.75, 3.05) is 18.8 Å². The summed E-state index contributed by atoms with van der Waals surface area (Å²) in [5, 5.41) is 9.16. The van der Waals surface area contributed by atoms with Crippen LogP contribution in [0.5, 0.6) is 0 Å². The van der Waals surface area contributed by atoms with Crippen LogP contribution >= 0.6 is 11.8 Å². The molecule has 0 spiro atoms. The van der Waals surface area contributed by atoms with E-state index in [1.165, 1.54) is 17.3 Å². The number of hydrogen-bond donors (Lipinski definition) is 0. The van der Waals surface area contributed by atoms with Gasteiger partial charge in [-0.15, -0.1) is 10.2 Å². The average molecular weight is 316 g/mol. The van der Waals surface area contributed by atoms with E-state index in [2.05, 4.69) is 29.3 Å². The Bertz CT molecular complexity index is 677. The monoisotopic (exact) mass is 316 g/mol. The fourth-order valence-corrected chi connectivity index (χ4v) is 3.59. The summed E-state index contributed by atoms with van der Waals surface area (Å²) in [4.78, 5) is 14.1. The van der Waals surface area contributed by atoms with E-state index in [4.69, 9.17) is 0 Å². The molecule has 0 radical (unpaired) electrons. The van der Waals surface area contributed by atoms with E-state index in [-0.39, 0.29) is 5.91 Å². The first kappa shape index (κ1) is 15.1. The molecule has 2 aromatic rings. The van der Waals surface area contributed by atoms with E-state index in [1.807, 2.05) is 28.5 Å². The zero-order chi connectivity index (χ0) is 15.5. The second-order valence-corrected chi connectivity index (χ2v) is 6.52. The topological polar surface area (TPSA) is 51.0 Å². The average Bonchev–Trinajstić information content (AvgIpc) is 3.14. The lowest BCUT2D eigenvalue weighted by atomic mass is 10.2. The maximum atomic E-state index is 12.2. The zero-order valence-electron chi connectivity index (χ0n) is 13.0. The van der Waals surface area contributed by atoms with E-state index in [9.17, 15) is 4.79 Å². The summed E-state index contributed by atoms with van der Waals surface area (Å²) in [5.74, 6) is 1.45. The number of carbonyl (C=O) groups excluding carboxylic acids is 1. The molecule has 3 rings (SSSR count). The number of aromatic nitrogens is 3. The predicted molar refractivity (Wildman–Crippen MR) is 87.4 cm³/mol. The van der Waals surface area contributed by atoms with Gasteiger partial charge in [-0.25, -0.2) is 0 Å². The lowest BCUT2D eigenvalue weighted by molar-refractivity contribution is -0.127. The van der Waals surface area contributed by atoms with Crippen molar-refractivity contribution in [2.45, 2.75) is 31.8 Å². The Kier molecular flexibility index (Phi) is 4.47. The van der Waals surface area contributed by atoms with Crippen LogP contribution in [-0.4, -0.2) is 44.4 Å². The Morgan fingerprint density at radius 1 is 1.23 bits per heavy atom. The number of aryl methyl sites for hydroxylation is 2. The van der Waals surface area contributed by atoms with Crippen LogP contribution in [0.4, 0.5) is 0 Å². The highest BCUT2D eigenvalue weighted by Crippen LogP contribution is 2.23. The van der Waals surface area contributed by atoms with Gasteiger partial charge in [-0.1, -0.05) is 23.9 Å². The Hall–Kier alpha value is -1.82. The SMILES string of the molecule is Cc1cccc(-n2c(C)nnc2SCC(=O)N2CCCC2)c1. The molecule has 116 valence electrons. The summed E-state index contributed by atoms with van der Waals surface area (Å²) in [5.41, 5.74) is 2.23. The second-order valence-electron chi connectivity index (χ2n) is 5.58. The Morgan fingerprint density at radius 3 is 2.73 bits per heavy atom. The zero-order valence-corrected chi connectivity index (χ0v) is 13.8. The first-order chi connectivity index (χ1) is 10.6. The molecule has 22 heavy (non-hydrogen) atoms. The molecule has 2 heterocycles. The summed E-state index contributed by atoms with van der Waals surface area (Å²) >= 11 is 1.46. The molecule has 0 bridgehead atoms. The lowest BCUT2D eigenvalue weighted by Crippen LogP contribution is -2.29. The van der Waals surface area contributed by atoms with Gasteiger partial charge >= 0.3 is 0 Å². The van der Waals surface area contributed by atoms with Crippen molar-refractivity contribution in [3.63, 3.8) is 0 Å². The van der Waals surface area contributed by atoms with Crippen LogP contribution in [0.25, 0.3) is 5.69 Å². The number of benzene rings is 1. The lowest BCUT2D eigenvalue weighted by Gasteiger charge is -2.15. The van der Waals surface area contributed by atoms with Crippen molar-refractivity contribution in [1.29, 1.82) is 0 Å². The third-order valence-corrected chi connectivity index (χ3v) is 4.75. The predicted octanol–water partition coefficient (Wildman–Crippen LogP) is 2.60. The molecule has 1 saturated heterocycles. The fraction of sp³-hybridized carbons (Fsp3) is 0.438. The summed E-state index contributed by atoms with van der Waals surface area (Å²) in [6.45, 7) is 5.78. The van der Waals surface area contributed by atoms with Gasteiger partial charge in [-0.3, -0.25) is 9.36 Å². The number of nitrogens with zero attached hydrogens (tertiary/aromatic N) is 4. The van der Waals surface area contributed by atoms with Crippen molar-refractivity contribution in [3.05, 3.63) is 35.7 Å². The summed E-state index contributed by atoms with van der Waals surface area (Å²) in [6, 6.07) is 8.22. The first-order valence-electron chi connectivity index (χ1n) is 7.55. The molecule has 1 aliphatic heterocycles. The molecule has 0 aliphatic carbocycles. The molecule has 1 amide bonds. The summed E-state index contributed by atoms with van der Waals surface area (Å²) < 4.78 is 2.01. The third-order valence-electron chi connectivity index (χ3n) is 3.84. The third kappa shape index (κ3) is 3.16. The minimum Gasteiger partial charge on any atom is -0.342 e. The van der Waals surface area contributed by atoms with Crippen molar-refractivity contribution in [3.8, 4) is 5.69 Å². The fourth-order valence-electron chi connectivity index (χ4n) is 2.68. The molecule has 0 saturated carbocycles. The van der Waals surface area contributed by atoms with Crippen LogP contribution in [0.2, 0.25) is 0 Å². The van der Waals surface area contributed by atoms with E-state index in [0.29, 0.717) is 5.75 Å². The molecular formula is C16H20N4OS. The van der Waals surface area contributed by atoms with Gasteiger partial charge in [-0.2, -0.15) is 0 Å². The summed E-state index contributed by atoms with van der Waals surface area (Å²) in [7, 11) is 0. The minimum absolute atomic E-state index is 0.193. The van der Waals surface area contributed by atoms with Gasteiger partial charge in [0, 0.05) is 18.8 Å². The second kappa shape index (κ2) is 6.52. The highest BCUT2D eigenvalue weighted by Gasteiger charge is 2.19. The van der Waals surface area contributed by atoms with E-state index in [1.54, 1.807) is 0 Å². The van der Waals surface area contributed by atoms with Crippen LogP contribution in [0.15, 0.2) is 29.4 Å². The quantitative estimate of drug-likeness (QED) is 0.814. The molecule has 1 aliphatic rings. The van der Waals surface area contributed by atoms with Crippen LogP contribution in [-0.2, 0) is 4.79 Å². The highest BCUT2D eigenvalue weighted by molar-refractivity contribution is 7.99. The van der Waals surface area contributed by atoms with Crippen LogP contribution < -0.4 is 0 Å². The molecule has 0 N–H and O–H groups in total. The molecule has 1 aromatic heterocycles. The van der Waals surface area contributed by atoms with E-state index in [0.717, 1.165) is 42.6 Å². The molecule has 1 aromatic carbocycles.